The number of fused-ring (bicyclic) bond motifs is 1. The van der Waals surface area contributed by atoms with Crippen LogP contribution in [-0.2, 0) is 0 Å². The topological polar surface area (TPSA) is 99.3 Å². The van der Waals surface area contributed by atoms with Gasteiger partial charge < -0.3 is 10.6 Å². The van der Waals surface area contributed by atoms with Gasteiger partial charge in [-0.1, -0.05) is 56.3 Å². The highest BCUT2D eigenvalue weighted by molar-refractivity contribution is 6.06. The number of benzene rings is 2. The van der Waals surface area contributed by atoms with Crippen molar-refractivity contribution in [2.75, 3.05) is 13.1 Å². The summed E-state index contributed by atoms with van der Waals surface area (Å²) >= 11 is 0. The van der Waals surface area contributed by atoms with Crippen LogP contribution >= 0.6 is 0 Å². The number of hydrogen-bond donors (Lipinski definition) is 2. The van der Waals surface area contributed by atoms with Crippen LogP contribution < -0.4 is 10.6 Å². The van der Waals surface area contributed by atoms with Crippen molar-refractivity contribution in [2.45, 2.75) is 32.2 Å². The Morgan fingerprint density at radius 2 is 1.78 bits per heavy atom. The molecular weight excluding hydrogens is 450 g/mol. The van der Waals surface area contributed by atoms with Gasteiger partial charge in [0.1, 0.15) is 0 Å². The monoisotopic (exact) mass is 479 g/mol. The van der Waals surface area contributed by atoms with Crippen molar-refractivity contribution in [3.8, 4) is 6.07 Å². The lowest BCUT2D eigenvalue weighted by Crippen LogP contribution is -2.31. The highest BCUT2D eigenvalue weighted by atomic mass is 16.1. The van der Waals surface area contributed by atoms with Gasteiger partial charge in [-0.05, 0) is 47.7 Å². The van der Waals surface area contributed by atoms with Crippen LogP contribution in [0.4, 0.5) is 0 Å². The third-order valence-electron chi connectivity index (χ3n) is 6.21. The van der Waals surface area contributed by atoms with Gasteiger partial charge in [-0.3, -0.25) is 9.59 Å². The van der Waals surface area contributed by atoms with E-state index < -0.39 is 6.04 Å². The van der Waals surface area contributed by atoms with Crippen molar-refractivity contribution < 1.29 is 9.59 Å². The number of Topliss-reactive ketones (excluding diaryl/α,β-unsaturated/α-hetero) is 1. The molecule has 1 amide bonds. The summed E-state index contributed by atoms with van der Waals surface area (Å²) in [5, 5.41) is 19.7. The fourth-order valence-electron chi connectivity index (χ4n) is 4.11. The number of nitrogens with zero attached hydrogens (tertiary/aromatic N) is 3. The summed E-state index contributed by atoms with van der Waals surface area (Å²) in [7, 11) is 0. The Hall–Kier alpha value is -4.28. The van der Waals surface area contributed by atoms with Gasteiger partial charge in [-0.25, -0.2) is 4.52 Å². The van der Waals surface area contributed by atoms with Gasteiger partial charge in [0, 0.05) is 19.3 Å². The summed E-state index contributed by atoms with van der Waals surface area (Å²) in [4.78, 5) is 26.1. The number of carbonyl (C=O) groups is 2. The Morgan fingerprint density at radius 1 is 1.03 bits per heavy atom. The molecule has 7 heteroatoms. The predicted octanol–water partition coefficient (Wildman–Crippen LogP) is 4.66. The molecule has 0 aliphatic heterocycles. The molecule has 2 atom stereocenters. The Labute approximate surface area is 210 Å². The van der Waals surface area contributed by atoms with E-state index in [-0.39, 0.29) is 17.6 Å². The first-order valence-electron chi connectivity index (χ1n) is 12.1. The van der Waals surface area contributed by atoms with E-state index in [9.17, 15) is 9.59 Å². The van der Waals surface area contributed by atoms with Crippen LogP contribution in [0.1, 0.15) is 69.6 Å². The second kappa shape index (κ2) is 11.4. The first-order chi connectivity index (χ1) is 17.5. The molecule has 0 aliphatic rings. The molecule has 2 N–H and O–H groups in total. The molecule has 7 nitrogen and oxygen atoms in total. The molecule has 36 heavy (non-hydrogen) atoms. The molecule has 4 aromatic rings. The first-order valence-corrected chi connectivity index (χ1v) is 12.1. The molecule has 2 aromatic carbocycles. The predicted molar refractivity (Wildman–Crippen MR) is 139 cm³/mol. The van der Waals surface area contributed by atoms with Crippen LogP contribution in [0.15, 0.2) is 79.1 Å². The molecule has 2 unspecified atom stereocenters. The third kappa shape index (κ3) is 5.51. The van der Waals surface area contributed by atoms with Gasteiger partial charge in [0.2, 0.25) is 0 Å². The maximum Gasteiger partial charge on any atom is 0.252 e. The molecule has 0 spiro atoms. The van der Waals surface area contributed by atoms with Crippen LogP contribution in [0.5, 0.6) is 0 Å². The molecule has 2 heterocycles. The Balaban J connectivity index is 1.57. The highest BCUT2D eigenvalue weighted by Gasteiger charge is 2.25. The second-order valence-corrected chi connectivity index (χ2v) is 8.81. The number of aromatic nitrogens is 2. The normalized spacial score (nSPS) is 12.6. The lowest BCUT2D eigenvalue weighted by atomic mass is 9.95. The zero-order valence-corrected chi connectivity index (χ0v) is 20.4. The fraction of sp³-hybridized carbons (Fsp3) is 0.241. The van der Waals surface area contributed by atoms with Crippen molar-refractivity contribution in [2.24, 2.45) is 0 Å². The number of carbonyl (C=O) groups excluding carboxylic acids is 2. The highest BCUT2D eigenvalue weighted by Crippen LogP contribution is 2.24. The molecule has 0 saturated heterocycles. The summed E-state index contributed by atoms with van der Waals surface area (Å²) in [6.07, 6.45) is 4.06. The zero-order chi connectivity index (χ0) is 25.5. The van der Waals surface area contributed by atoms with E-state index in [1.807, 2.05) is 49.4 Å². The molecule has 182 valence electrons. The van der Waals surface area contributed by atoms with E-state index in [1.54, 1.807) is 41.2 Å². The van der Waals surface area contributed by atoms with E-state index in [2.05, 4.69) is 28.7 Å². The fourth-order valence-corrected chi connectivity index (χ4v) is 4.11. The average molecular weight is 480 g/mol. The van der Waals surface area contributed by atoms with Crippen LogP contribution in [0.3, 0.4) is 0 Å². The Morgan fingerprint density at radius 3 is 2.47 bits per heavy atom. The largest absolute Gasteiger partial charge is 0.352 e. The van der Waals surface area contributed by atoms with Crippen LogP contribution in [-0.4, -0.2) is 34.4 Å². The number of nitriles is 1. The van der Waals surface area contributed by atoms with Gasteiger partial charge in [0.15, 0.2) is 5.78 Å². The molecule has 0 aliphatic carbocycles. The molecule has 0 bridgehead atoms. The molecule has 4 rings (SSSR count). The van der Waals surface area contributed by atoms with Gasteiger partial charge in [0.25, 0.3) is 5.91 Å². The number of hydrogen-bond acceptors (Lipinski definition) is 5. The number of rotatable bonds is 10. The van der Waals surface area contributed by atoms with E-state index in [0.717, 1.165) is 17.5 Å². The second-order valence-electron chi connectivity index (χ2n) is 8.81. The average Bonchev–Trinajstić information content (AvgIpc) is 3.35. The molecule has 0 radical (unpaired) electrons. The maximum absolute atomic E-state index is 13.8. The lowest BCUT2D eigenvalue weighted by Gasteiger charge is -2.21. The summed E-state index contributed by atoms with van der Waals surface area (Å²) < 4.78 is 1.58. The molecule has 2 aromatic heterocycles. The first kappa shape index (κ1) is 24.8. The SMILES string of the molecule is CCCNC(=O)c1ccc2c(C(=O)C(NCC(C)c3ccc(C#N)cc3)c3ccccc3)cnn2c1. The summed E-state index contributed by atoms with van der Waals surface area (Å²) in [5.41, 5.74) is 4.20. The molecular formula is C29H29N5O2. The minimum absolute atomic E-state index is 0.0913. The van der Waals surface area contributed by atoms with Gasteiger partial charge in [-0.2, -0.15) is 10.4 Å². The number of nitrogens with one attached hydrogen (secondary N) is 2. The van der Waals surface area contributed by atoms with Crippen molar-refractivity contribution >= 4 is 17.2 Å². The van der Waals surface area contributed by atoms with Gasteiger partial charge >= 0.3 is 0 Å². The Kier molecular flexibility index (Phi) is 7.89. The van der Waals surface area contributed by atoms with Crippen LogP contribution in [0.2, 0.25) is 0 Å². The maximum atomic E-state index is 13.8. The van der Waals surface area contributed by atoms with Gasteiger partial charge in [-0.15, -0.1) is 0 Å². The van der Waals surface area contributed by atoms with Crippen LogP contribution in [0, 0.1) is 11.3 Å². The Bertz CT molecular complexity index is 1390. The summed E-state index contributed by atoms with van der Waals surface area (Å²) in [6.45, 7) is 5.25. The quantitative estimate of drug-likeness (QED) is 0.322. The summed E-state index contributed by atoms with van der Waals surface area (Å²) in [6, 6.07) is 22.2. The number of ketones is 1. The van der Waals surface area contributed by atoms with E-state index in [0.29, 0.717) is 35.3 Å². The molecule has 0 saturated carbocycles. The third-order valence-corrected chi connectivity index (χ3v) is 6.21. The standard InChI is InChI=1S/C29H29N5O2/c1-3-15-31-29(36)24-13-14-26-25(18-33-34(26)19-24)28(35)27(23-7-5-4-6-8-23)32-17-20(2)22-11-9-21(16-30)10-12-22/h4-14,18-20,27,32H,3,15,17H2,1-2H3,(H,31,36). The van der Waals surface area contributed by atoms with E-state index in [4.69, 9.17) is 5.26 Å². The van der Waals surface area contributed by atoms with E-state index >= 15 is 0 Å². The number of amides is 1. The minimum atomic E-state index is -0.562. The summed E-state index contributed by atoms with van der Waals surface area (Å²) in [5.74, 6) is -0.126. The van der Waals surface area contributed by atoms with Crippen molar-refractivity contribution in [3.05, 3.63) is 107 Å². The van der Waals surface area contributed by atoms with Crippen molar-refractivity contribution in [3.63, 3.8) is 0 Å². The van der Waals surface area contributed by atoms with Crippen molar-refractivity contribution in [1.82, 2.24) is 20.2 Å². The number of pyridine rings is 1. The van der Waals surface area contributed by atoms with E-state index in [1.165, 1.54) is 0 Å². The van der Waals surface area contributed by atoms with Crippen LogP contribution in [0.25, 0.3) is 5.52 Å². The smallest absolute Gasteiger partial charge is 0.252 e. The zero-order valence-electron chi connectivity index (χ0n) is 20.4. The molecule has 0 fully saturated rings. The lowest BCUT2D eigenvalue weighted by molar-refractivity contribution is 0.0940. The van der Waals surface area contributed by atoms with Crippen molar-refractivity contribution in [1.29, 1.82) is 5.26 Å². The van der Waals surface area contributed by atoms with Gasteiger partial charge in [0.05, 0.1) is 40.5 Å². The minimum Gasteiger partial charge on any atom is -0.352 e.